The Balaban J connectivity index is 1.19. The zero-order valence-electron chi connectivity index (χ0n) is 16.8. The highest BCUT2D eigenvalue weighted by atomic mass is 16.2. The minimum atomic E-state index is 0.261. The Morgan fingerprint density at radius 2 is 1.59 bits per heavy atom. The van der Waals surface area contributed by atoms with E-state index in [1.807, 2.05) is 0 Å². The van der Waals surface area contributed by atoms with Gasteiger partial charge in [-0.1, -0.05) is 0 Å². The van der Waals surface area contributed by atoms with E-state index in [9.17, 15) is 4.79 Å². The zero-order valence-corrected chi connectivity index (χ0v) is 16.8. The topological polar surface area (TPSA) is 31.7 Å². The fourth-order valence-electron chi connectivity index (χ4n) is 5.24. The van der Waals surface area contributed by atoms with Gasteiger partial charge in [-0.2, -0.15) is 0 Å². The van der Waals surface area contributed by atoms with Gasteiger partial charge >= 0.3 is 0 Å². The number of hydrogen-bond acceptors (Lipinski definition) is 3. The quantitative estimate of drug-likeness (QED) is 0.769. The normalized spacial score (nSPS) is 25.9. The molecule has 5 nitrogen and oxygen atoms in total. The molecule has 0 aliphatic carbocycles. The molecule has 1 aromatic rings. The van der Waals surface area contributed by atoms with Crippen LogP contribution in [0.3, 0.4) is 0 Å². The van der Waals surface area contributed by atoms with Gasteiger partial charge in [-0.05, 0) is 83.3 Å². The van der Waals surface area contributed by atoms with E-state index in [0.29, 0.717) is 11.9 Å². The van der Waals surface area contributed by atoms with Crippen LogP contribution in [0.5, 0.6) is 0 Å². The SMILES string of the molecule is O=C([C@H]1CCCN(C2CCN(CCCn3cccc3)CC2)C1)N1CCCC1. The zero-order chi connectivity index (χ0) is 18.5. The number of amides is 1. The smallest absolute Gasteiger partial charge is 0.226 e. The second-order valence-electron chi connectivity index (χ2n) is 8.71. The van der Waals surface area contributed by atoms with E-state index < -0.39 is 0 Å². The van der Waals surface area contributed by atoms with Gasteiger partial charge in [-0.3, -0.25) is 9.69 Å². The summed E-state index contributed by atoms with van der Waals surface area (Å²) in [7, 11) is 0. The summed E-state index contributed by atoms with van der Waals surface area (Å²) >= 11 is 0. The number of likely N-dealkylation sites (tertiary alicyclic amines) is 3. The molecule has 3 saturated heterocycles. The molecule has 1 aromatic heterocycles. The first-order valence-corrected chi connectivity index (χ1v) is 11.2. The summed E-state index contributed by atoms with van der Waals surface area (Å²) in [5.74, 6) is 0.705. The molecule has 0 saturated carbocycles. The monoisotopic (exact) mass is 372 g/mol. The van der Waals surface area contributed by atoms with Crippen molar-refractivity contribution in [2.24, 2.45) is 5.92 Å². The Morgan fingerprint density at radius 3 is 2.33 bits per heavy atom. The minimum Gasteiger partial charge on any atom is -0.354 e. The van der Waals surface area contributed by atoms with E-state index in [1.54, 1.807) is 0 Å². The van der Waals surface area contributed by atoms with E-state index in [-0.39, 0.29) is 5.92 Å². The van der Waals surface area contributed by atoms with Crippen LogP contribution in [0.15, 0.2) is 24.5 Å². The molecule has 4 heterocycles. The lowest BCUT2D eigenvalue weighted by Gasteiger charge is -2.42. The van der Waals surface area contributed by atoms with Gasteiger partial charge in [-0.15, -0.1) is 0 Å². The largest absolute Gasteiger partial charge is 0.354 e. The Hall–Kier alpha value is -1.33. The third kappa shape index (κ3) is 4.94. The summed E-state index contributed by atoms with van der Waals surface area (Å²) < 4.78 is 2.28. The Morgan fingerprint density at radius 1 is 0.852 bits per heavy atom. The van der Waals surface area contributed by atoms with Gasteiger partial charge in [0.25, 0.3) is 0 Å². The number of aromatic nitrogens is 1. The van der Waals surface area contributed by atoms with E-state index in [1.165, 1.54) is 64.7 Å². The maximum Gasteiger partial charge on any atom is 0.226 e. The predicted molar refractivity (Wildman–Crippen MR) is 109 cm³/mol. The summed E-state index contributed by atoms with van der Waals surface area (Å²) in [5.41, 5.74) is 0. The molecule has 0 radical (unpaired) electrons. The predicted octanol–water partition coefficient (Wildman–Crippen LogP) is 2.68. The molecule has 4 rings (SSSR count). The Bertz CT molecular complexity index is 573. The molecule has 5 heteroatoms. The number of hydrogen-bond donors (Lipinski definition) is 0. The molecule has 3 fully saturated rings. The molecule has 3 aliphatic heterocycles. The molecule has 0 aromatic carbocycles. The number of rotatable bonds is 6. The lowest BCUT2D eigenvalue weighted by Crippen LogP contribution is -2.51. The van der Waals surface area contributed by atoms with Crippen molar-refractivity contribution in [3.05, 3.63) is 24.5 Å². The molecule has 0 bridgehead atoms. The average Bonchev–Trinajstić information content (AvgIpc) is 3.42. The van der Waals surface area contributed by atoms with Crippen LogP contribution >= 0.6 is 0 Å². The second-order valence-corrected chi connectivity index (χ2v) is 8.71. The molecular formula is C22H36N4O. The van der Waals surface area contributed by atoms with Crippen LogP contribution in [0, 0.1) is 5.92 Å². The highest BCUT2D eigenvalue weighted by Gasteiger charge is 2.34. The Kier molecular flexibility index (Phi) is 6.51. The molecular weight excluding hydrogens is 336 g/mol. The highest BCUT2D eigenvalue weighted by molar-refractivity contribution is 5.79. The summed E-state index contributed by atoms with van der Waals surface area (Å²) in [6.45, 7) is 8.97. The first-order valence-electron chi connectivity index (χ1n) is 11.2. The first-order chi connectivity index (χ1) is 13.3. The molecule has 1 atom stereocenters. The number of aryl methyl sites for hydroxylation is 1. The fourth-order valence-corrected chi connectivity index (χ4v) is 5.24. The summed E-state index contributed by atoms with van der Waals surface area (Å²) in [4.78, 5) is 20.2. The number of nitrogens with zero attached hydrogens (tertiary/aromatic N) is 4. The van der Waals surface area contributed by atoms with Gasteiger partial charge in [0.05, 0.1) is 5.92 Å². The lowest BCUT2D eigenvalue weighted by molar-refractivity contribution is -0.136. The van der Waals surface area contributed by atoms with Crippen molar-refractivity contribution in [3.8, 4) is 0 Å². The van der Waals surface area contributed by atoms with Crippen molar-refractivity contribution in [2.45, 2.75) is 57.5 Å². The van der Waals surface area contributed by atoms with Gasteiger partial charge in [0.2, 0.25) is 5.91 Å². The number of carbonyl (C=O) groups is 1. The van der Waals surface area contributed by atoms with E-state index in [2.05, 4.69) is 43.8 Å². The minimum absolute atomic E-state index is 0.261. The molecule has 1 amide bonds. The standard InChI is InChI=1S/C22H36N4O/c27-22(25-14-3-4-15-25)20-7-5-16-26(19-20)21-8-17-24(18-9-21)13-6-12-23-10-1-2-11-23/h1-2,10-11,20-21H,3-9,12-19H2/t20-/m0/s1. The summed E-state index contributed by atoms with van der Waals surface area (Å²) in [6.07, 6.45) is 12.8. The van der Waals surface area contributed by atoms with Crippen LogP contribution in [0.25, 0.3) is 0 Å². The summed E-state index contributed by atoms with van der Waals surface area (Å²) in [5, 5.41) is 0. The van der Waals surface area contributed by atoms with Gasteiger partial charge in [0, 0.05) is 44.6 Å². The van der Waals surface area contributed by atoms with Gasteiger partial charge in [0.15, 0.2) is 0 Å². The molecule has 27 heavy (non-hydrogen) atoms. The van der Waals surface area contributed by atoms with E-state index in [4.69, 9.17) is 0 Å². The van der Waals surface area contributed by atoms with Crippen molar-refractivity contribution in [3.63, 3.8) is 0 Å². The van der Waals surface area contributed by atoms with Crippen LogP contribution in [0.4, 0.5) is 0 Å². The van der Waals surface area contributed by atoms with Crippen molar-refractivity contribution in [1.29, 1.82) is 0 Å². The van der Waals surface area contributed by atoms with Gasteiger partial charge < -0.3 is 14.4 Å². The third-order valence-electron chi connectivity index (χ3n) is 6.85. The van der Waals surface area contributed by atoms with E-state index >= 15 is 0 Å². The van der Waals surface area contributed by atoms with Crippen molar-refractivity contribution < 1.29 is 4.79 Å². The average molecular weight is 373 g/mol. The van der Waals surface area contributed by atoms with Crippen LogP contribution in [0.2, 0.25) is 0 Å². The maximum absolute atomic E-state index is 12.8. The molecule has 0 unspecified atom stereocenters. The molecule has 0 spiro atoms. The van der Waals surface area contributed by atoms with Crippen LogP contribution < -0.4 is 0 Å². The van der Waals surface area contributed by atoms with Crippen LogP contribution in [0.1, 0.15) is 44.9 Å². The van der Waals surface area contributed by atoms with Crippen LogP contribution in [-0.2, 0) is 11.3 Å². The fraction of sp³-hybridized carbons (Fsp3) is 0.773. The Labute approximate surface area is 164 Å². The van der Waals surface area contributed by atoms with Crippen molar-refractivity contribution >= 4 is 5.91 Å². The van der Waals surface area contributed by atoms with Crippen molar-refractivity contribution in [1.82, 2.24) is 19.3 Å². The van der Waals surface area contributed by atoms with Crippen molar-refractivity contribution in [2.75, 3.05) is 45.8 Å². The highest BCUT2D eigenvalue weighted by Crippen LogP contribution is 2.26. The lowest BCUT2D eigenvalue weighted by atomic mass is 9.93. The van der Waals surface area contributed by atoms with Crippen LogP contribution in [-0.4, -0.2) is 77.0 Å². The molecule has 150 valence electrons. The summed E-state index contributed by atoms with van der Waals surface area (Å²) in [6, 6.07) is 4.90. The third-order valence-corrected chi connectivity index (χ3v) is 6.85. The molecule has 0 N–H and O–H groups in total. The first kappa shape index (κ1) is 19.0. The van der Waals surface area contributed by atoms with Gasteiger partial charge in [0.1, 0.15) is 0 Å². The molecule has 3 aliphatic rings. The second kappa shape index (κ2) is 9.24. The maximum atomic E-state index is 12.8. The van der Waals surface area contributed by atoms with E-state index in [0.717, 1.165) is 32.6 Å². The number of piperidine rings is 2. The van der Waals surface area contributed by atoms with Gasteiger partial charge in [-0.25, -0.2) is 0 Å². The number of carbonyl (C=O) groups excluding carboxylic acids is 1.